The van der Waals surface area contributed by atoms with Crippen LogP contribution >= 0.6 is 0 Å². The molecule has 0 bridgehead atoms. The molecule has 0 unspecified atom stereocenters. The van der Waals surface area contributed by atoms with Gasteiger partial charge in [-0.05, 0) is 99.2 Å². The van der Waals surface area contributed by atoms with Crippen molar-refractivity contribution in [2.75, 3.05) is 0 Å². The Labute approximate surface area is 253 Å². The van der Waals surface area contributed by atoms with Gasteiger partial charge < -0.3 is 0 Å². The molecule has 0 saturated heterocycles. The molecule has 0 radical (unpaired) electrons. The molecule has 0 aromatic heterocycles. The van der Waals surface area contributed by atoms with Gasteiger partial charge in [-0.2, -0.15) is 13.2 Å². The average molecular weight is 579 g/mol. The smallest absolute Gasteiger partial charge is 0.166 e. The zero-order chi connectivity index (χ0) is 30.4. The van der Waals surface area contributed by atoms with Crippen molar-refractivity contribution in [2.45, 2.75) is 32.4 Å². The van der Waals surface area contributed by atoms with Gasteiger partial charge >= 0.3 is 6.18 Å². The molecule has 0 aliphatic carbocycles. The first-order chi connectivity index (χ1) is 21.1. The van der Waals surface area contributed by atoms with E-state index in [-0.39, 0.29) is 5.41 Å². The molecule has 0 fully saturated rings. The highest BCUT2D eigenvalue weighted by Crippen LogP contribution is 2.48. The van der Waals surface area contributed by atoms with Crippen LogP contribution in [0.5, 0.6) is 0 Å². The van der Waals surface area contributed by atoms with E-state index in [9.17, 15) is 13.2 Å². The van der Waals surface area contributed by atoms with Crippen LogP contribution in [0.25, 0.3) is 76.1 Å². The minimum absolute atomic E-state index is 0.00563. The fraction of sp³-hybridized carbons (Fsp3) is 0.122. The van der Waals surface area contributed by atoms with E-state index in [0.717, 1.165) is 43.8 Å². The van der Waals surface area contributed by atoms with Crippen LogP contribution in [0.4, 0.5) is 13.2 Å². The van der Waals surface area contributed by atoms with E-state index >= 15 is 0 Å². The van der Waals surface area contributed by atoms with Crippen LogP contribution in [0.3, 0.4) is 0 Å². The Kier molecular flexibility index (Phi) is 5.65. The molecule has 8 aromatic rings. The minimum atomic E-state index is -4.38. The van der Waals surface area contributed by atoms with E-state index in [0.29, 0.717) is 0 Å². The van der Waals surface area contributed by atoms with Crippen molar-refractivity contribution in [3.8, 4) is 22.3 Å². The Morgan fingerprint density at radius 1 is 0.432 bits per heavy atom. The van der Waals surface area contributed by atoms with Gasteiger partial charge in [0.05, 0.1) is 5.56 Å². The molecule has 3 heteroatoms. The Balaban J connectivity index is 1.48. The van der Waals surface area contributed by atoms with Gasteiger partial charge in [-0.3, -0.25) is 0 Å². The second-order valence-electron chi connectivity index (χ2n) is 12.8. The molecule has 8 rings (SSSR count). The summed E-state index contributed by atoms with van der Waals surface area (Å²) in [6, 6.07) is 40.1. The largest absolute Gasteiger partial charge is 0.416 e. The fourth-order valence-corrected chi connectivity index (χ4v) is 7.23. The van der Waals surface area contributed by atoms with E-state index in [2.05, 4.69) is 93.6 Å². The first-order valence-electron chi connectivity index (χ1n) is 14.9. The molecule has 0 spiro atoms. The van der Waals surface area contributed by atoms with Crippen LogP contribution in [-0.4, -0.2) is 0 Å². The van der Waals surface area contributed by atoms with Gasteiger partial charge in [0, 0.05) is 0 Å². The summed E-state index contributed by atoms with van der Waals surface area (Å²) in [7, 11) is 0. The minimum Gasteiger partial charge on any atom is -0.166 e. The van der Waals surface area contributed by atoms with Gasteiger partial charge in [-0.1, -0.05) is 130 Å². The van der Waals surface area contributed by atoms with Crippen LogP contribution in [0.1, 0.15) is 31.9 Å². The number of rotatable bonds is 2. The summed E-state index contributed by atoms with van der Waals surface area (Å²) in [6.07, 6.45) is -4.38. The van der Waals surface area contributed by atoms with Crippen LogP contribution in [0.15, 0.2) is 121 Å². The lowest BCUT2D eigenvalue weighted by atomic mass is 9.80. The van der Waals surface area contributed by atoms with Crippen molar-refractivity contribution < 1.29 is 13.2 Å². The van der Waals surface area contributed by atoms with E-state index in [1.54, 1.807) is 12.1 Å². The highest BCUT2D eigenvalue weighted by atomic mass is 19.4. The molecule has 0 N–H and O–H groups in total. The number of alkyl halides is 3. The van der Waals surface area contributed by atoms with Crippen molar-refractivity contribution in [3.63, 3.8) is 0 Å². The van der Waals surface area contributed by atoms with E-state index in [4.69, 9.17) is 0 Å². The zero-order valence-corrected chi connectivity index (χ0v) is 24.7. The van der Waals surface area contributed by atoms with Gasteiger partial charge in [0.1, 0.15) is 0 Å². The van der Waals surface area contributed by atoms with Gasteiger partial charge in [0.15, 0.2) is 0 Å². The highest BCUT2D eigenvalue weighted by Gasteiger charge is 2.30. The summed E-state index contributed by atoms with van der Waals surface area (Å²) in [6.45, 7) is 6.79. The summed E-state index contributed by atoms with van der Waals surface area (Å²) in [5, 5.41) is 11.7. The van der Waals surface area contributed by atoms with E-state index in [1.807, 2.05) is 24.3 Å². The highest BCUT2D eigenvalue weighted by molar-refractivity contribution is 6.29. The van der Waals surface area contributed by atoms with Crippen molar-refractivity contribution in [2.24, 2.45) is 0 Å². The molecule has 0 atom stereocenters. The Morgan fingerprint density at radius 2 is 0.909 bits per heavy atom. The van der Waals surface area contributed by atoms with Gasteiger partial charge in [0.25, 0.3) is 0 Å². The molecule has 8 aromatic carbocycles. The second kappa shape index (κ2) is 9.30. The molecule has 214 valence electrons. The standard InChI is InChI=1S/C41H29F3/c1-40(2,3)35-23-17-26-14-20-32-33(21-15-25-16-22-34(35)38(26)37(25)32)39-30-10-6-4-8-28(30)36(29-9-5-7-11-31(29)39)24-12-18-27(19-13-24)41(42,43)44/h4-23H,1-3H3. The quantitative estimate of drug-likeness (QED) is 0.141. The number of hydrogen-bond donors (Lipinski definition) is 0. The molecular formula is C41H29F3. The SMILES string of the molecule is CC(C)(C)c1ccc2ccc3c(-c4c5ccccc5c(-c5ccc(C(F)(F)F)cc5)c5ccccc45)ccc4ccc1c2c43. The molecule has 0 heterocycles. The lowest BCUT2D eigenvalue weighted by Gasteiger charge is -2.24. The molecule has 0 aliphatic rings. The maximum atomic E-state index is 13.4. The summed E-state index contributed by atoms with van der Waals surface area (Å²) in [5.74, 6) is 0. The first-order valence-corrected chi connectivity index (χ1v) is 14.9. The summed E-state index contributed by atoms with van der Waals surface area (Å²) < 4.78 is 40.3. The summed E-state index contributed by atoms with van der Waals surface area (Å²) >= 11 is 0. The third-order valence-electron chi connectivity index (χ3n) is 9.17. The Morgan fingerprint density at radius 3 is 1.45 bits per heavy atom. The maximum Gasteiger partial charge on any atom is 0.416 e. The summed E-state index contributed by atoms with van der Waals surface area (Å²) in [5.41, 5.74) is 4.70. The molecule has 0 saturated carbocycles. The fourth-order valence-electron chi connectivity index (χ4n) is 7.23. The molecule has 0 nitrogen and oxygen atoms in total. The first kappa shape index (κ1) is 26.7. The number of halogens is 3. The lowest BCUT2D eigenvalue weighted by molar-refractivity contribution is -0.137. The Bertz CT molecular complexity index is 2330. The number of benzene rings is 8. The number of hydrogen-bond acceptors (Lipinski definition) is 0. The van der Waals surface area contributed by atoms with Gasteiger partial charge in [-0.15, -0.1) is 0 Å². The van der Waals surface area contributed by atoms with Crippen LogP contribution in [0.2, 0.25) is 0 Å². The summed E-state index contributed by atoms with van der Waals surface area (Å²) in [4.78, 5) is 0. The molecule has 0 aliphatic heterocycles. The van der Waals surface area contributed by atoms with Crippen molar-refractivity contribution in [3.05, 3.63) is 132 Å². The van der Waals surface area contributed by atoms with E-state index in [1.165, 1.54) is 50.0 Å². The van der Waals surface area contributed by atoms with Crippen molar-refractivity contribution in [1.29, 1.82) is 0 Å². The number of fused-ring (bicyclic) bond motifs is 2. The monoisotopic (exact) mass is 578 g/mol. The van der Waals surface area contributed by atoms with Crippen molar-refractivity contribution in [1.82, 2.24) is 0 Å². The Hall–Kier alpha value is -4.89. The van der Waals surface area contributed by atoms with Gasteiger partial charge in [-0.25, -0.2) is 0 Å². The van der Waals surface area contributed by atoms with E-state index < -0.39 is 11.7 Å². The molecule has 0 amide bonds. The van der Waals surface area contributed by atoms with Gasteiger partial charge in [0.2, 0.25) is 0 Å². The lowest BCUT2D eigenvalue weighted by Crippen LogP contribution is -2.11. The average Bonchev–Trinajstić information content (AvgIpc) is 3.01. The van der Waals surface area contributed by atoms with Crippen molar-refractivity contribution >= 4 is 53.9 Å². The molecular weight excluding hydrogens is 549 g/mol. The normalized spacial score (nSPS) is 12.8. The van der Waals surface area contributed by atoms with Crippen LogP contribution < -0.4 is 0 Å². The third-order valence-corrected chi connectivity index (χ3v) is 9.17. The predicted molar refractivity (Wildman–Crippen MR) is 180 cm³/mol. The topological polar surface area (TPSA) is 0 Å². The maximum absolute atomic E-state index is 13.4. The molecule has 44 heavy (non-hydrogen) atoms. The second-order valence-corrected chi connectivity index (χ2v) is 12.8. The zero-order valence-electron chi connectivity index (χ0n) is 24.7. The predicted octanol–water partition coefficient (Wildman–Crippen LogP) is 12.5. The van der Waals surface area contributed by atoms with Crippen LogP contribution in [0, 0.1) is 0 Å². The van der Waals surface area contributed by atoms with Crippen LogP contribution in [-0.2, 0) is 11.6 Å². The third kappa shape index (κ3) is 3.92.